The second-order valence-corrected chi connectivity index (χ2v) is 10.9. The van der Waals surface area contributed by atoms with Gasteiger partial charge < -0.3 is 9.84 Å². The van der Waals surface area contributed by atoms with E-state index in [1.165, 1.54) is 29.4 Å². The van der Waals surface area contributed by atoms with E-state index >= 15 is 0 Å². The van der Waals surface area contributed by atoms with Gasteiger partial charge in [0.05, 0.1) is 18.0 Å². The third-order valence-corrected chi connectivity index (χ3v) is 8.04. The van der Waals surface area contributed by atoms with Crippen LogP contribution in [0.25, 0.3) is 33.3 Å². The summed E-state index contributed by atoms with van der Waals surface area (Å²) in [4.78, 5) is 11.0. The van der Waals surface area contributed by atoms with Crippen molar-refractivity contribution >= 4 is 16.9 Å². The van der Waals surface area contributed by atoms with Crippen LogP contribution >= 0.6 is 0 Å². The van der Waals surface area contributed by atoms with Gasteiger partial charge in [-0.1, -0.05) is 98.6 Å². The number of carboxylic acid groups (broad SMARTS) is 1. The van der Waals surface area contributed by atoms with Crippen LogP contribution in [0.4, 0.5) is 0 Å². The lowest BCUT2D eigenvalue weighted by molar-refractivity contribution is -0.137. The Morgan fingerprint density at radius 1 is 0.900 bits per heavy atom. The molecule has 1 heterocycles. The molecule has 202 valence electrons. The van der Waals surface area contributed by atoms with Gasteiger partial charge in [0.25, 0.3) is 0 Å². The summed E-state index contributed by atoms with van der Waals surface area (Å²) >= 11 is 0. The molecule has 5 heteroatoms. The van der Waals surface area contributed by atoms with Crippen molar-refractivity contribution in [3.8, 4) is 28.1 Å². The molecular formula is C35H34N2O3. The predicted octanol–water partition coefficient (Wildman–Crippen LogP) is 8.64. The first-order valence-corrected chi connectivity index (χ1v) is 14.2. The Bertz CT molecular complexity index is 1600. The summed E-state index contributed by atoms with van der Waals surface area (Å²) in [5, 5.41) is 15.4. The number of carbonyl (C=O) groups is 1. The average Bonchev–Trinajstić information content (AvgIpc) is 3.65. The van der Waals surface area contributed by atoms with Gasteiger partial charge in [-0.2, -0.15) is 5.10 Å². The fourth-order valence-electron chi connectivity index (χ4n) is 5.80. The number of carboxylic acids is 1. The van der Waals surface area contributed by atoms with Gasteiger partial charge in [-0.05, 0) is 59.2 Å². The second kappa shape index (κ2) is 11.4. The smallest absolute Gasteiger partial charge is 0.303 e. The average molecular weight is 531 g/mol. The van der Waals surface area contributed by atoms with Crippen molar-refractivity contribution < 1.29 is 14.6 Å². The molecule has 0 bridgehead atoms. The zero-order valence-electron chi connectivity index (χ0n) is 22.8. The normalized spacial score (nSPS) is 14.4. The van der Waals surface area contributed by atoms with Crippen LogP contribution in [0, 0.1) is 0 Å². The topological polar surface area (TPSA) is 64.3 Å². The van der Waals surface area contributed by atoms with E-state index in [0.717, 1.165) is 46.5 Å². The molecule has 0 saturated heterocycles. The number of hydrogen-bond donors (Lipinski definition) is 1. The summed E-state index contributed by atoms with van der Waals surface area (Å²) in [6, 6.07) is 33.9. The quantitative estimate of drug-likeness (QED) is 0.207. The molecule has 5 nitrogen and oxygen atoms in total. The molecule has 1 aliphatic carbocycles. The largest absolute Gasteiger partial charge is 0.489 e. The molecule has 1 unspecified atom stereocenters. The second-order valence-electron chi connectivity index (χ2n) is 10.9. The molecule has 0 aliphatic heterocycles. The number of benzene rings is 4. The van der Waals surface area contributed by atoms with Crippen molar-refractivity contribution in [3.63, 3.8) is 0 Å². The SMILES string of the molecule is CC(CC(=O)O)c1ccc(OCc2ccc3c(-c4ccc(-c5ccccc5)cc4)nn(C4CCCC4)c3c2)cc1. The Labute approximate surface area is 235 Å². The van der Waals surface area contributed by atoms with Gasteiger partial charge >= 0.3 is 5.97 Å². The van der Waals surface area contributed by atoms with Gasteiger partial charge in [-0.25, -0.2) is 0 Å². The molecular weight excluding hydrogens is 496 g/mol. The van der Waals surface area contributed by atoms with Crippen LogP contribution in [0.1, 0.15) is 62.1 Å². The highest BCUT2D eigenvalue weighted by atomic mass is 16.5. The van der Waals surface area contributed by atoms with Crippen LogP contribution in [-0.2, 0) is 11.4 Å². The van der Waals surface area contributed by atoms with E-state index in [1.54, 1.807) is 0 Å². The lowest BCUT2D eigenvalue weighted by Gasteiger charge is -2.13. The Balaban J connectivity index is 1.25. The summed E-state index contributed by atoms with van der Waals surface area (Å²) in [6.45, 7) is 2.38. The summed E-state index contributed by atoms with van der Waals surface area (Å²) in [6.07, 6.45) is 4.94. The standard InChI is InChI=1S/C35H34N2O3/c1-24(21-34(38)39)26-16-18-31(19-17-26)40-23-25-11-20-32-33(22-25)37(30-9-5-6-10-30)36-35(32)29-14-12-28(13-15-29)27-7-3-2-4-8-27/h2-4,7-8,11-20,22,24,30H,5-6,9-10,21,23H2,1H3,(H,38,39). The molecule has 0 amide bonds. The van der Waals surface area contributed by atoms with Crippen LogP contribution < -0.4 is 4.74 Å². The summed E-state index contributed by atoms with van der Waals surface area (Å²) in [5.41, 5.74) is 7.83. The fraction of sp³-hybridized carbons (Fsp3) is 0.257. The molecule has 1 aliphatic rings. The minimum atomic E-state index is -0.785. The van der Waals surface area contributed by atoms with Gasteiger partial charge in [0, 0.05) is 10.9 Å². The third-order valence-electron chi connectivity index (χ3n) is 8.04. The molecule has 0 radical (unpaired) electrons. The van der Waals surface area contributed by atoms with Gasteiger partial charge in [-0.15, -0.1) is 0 Å². The number of aromatic nitrogens is 2. The minimum absolute atomic E-state index is 0.0337. The maximum atomic E-state index is 11.0. The van der Waals surface area contributed by atoms with Crippen molar-refractivity contribution in [3.05, 3.63) is 108 Å². The van der Waals surface area contributed by atoms with Crippen LogP contribution in [0.3, 0.4) is 0 Å². The van der Waals surface area contributed by atoms with Crippen molar-refractivity contribution in [1.82, 2.24) is 9.78 Å². The first kappa shape index (κ1) is 25.9. The van der Waals surface area contributed by atoms with E-state index in [9.17, 15) is 4.79 Å². The molecule has 0 spiro atoms. The minimum Gasteiger partial charge on any atom is -0.489 e. The number of rotatable bonds is 9. The molecule has 40 heavy (non-hydrogen) atoms. The lowest BCUT2D eigenvalue weighted by Crippen LogP contribution is -2.06. The monoisotopic (exact) mass is 530 g/mol. The zero-order valence-corrected chi connectivity index (χ0v) is 22.8. The van der Waals surface area contributed by atoms with Crippen LogP contribution in [-0.4, -0.2) is 20.9 Å². The van der Waals surface area contributed by atoms with E-state index < -0.39 is 5.97 Å². The van der Waals surface area contributed by atoms with Crippen LogP contribution in [0.5, 0.6) is 5.75 Å². The van der Waals surface area contributed by atoms with Gasteiger partial charge in [0.2, 0.25) is 0 Å². The third kappa shape index (κ3) is 5.50. The van der Waals surface area contributed by atoms with Crippen molar-refractivity contribution in [1.29, 1.82) is 0 Å². The van der Waals surface area contributed by atoms with E-state index in [-0.39, 0.29) is 12.3 Å². The Kier molecular flexibility index (Phi) is 7.37. The molecule has 1 fully saturated rings. The highest BCUT2D eigenvalue weighted by Gasteiger charge is 2.22. The molecule has 1 atom stereocenters. The number of nitrogens with zero attached hydrogens (tertiary/aromatic N) is 2. The number of aliphatic carboxylic acids is 1. The van der Waals surface area contributed by atoms with Crippen LogP contribution in [0.15, 0.2) is 97.1 Å². The number of hydrogen-bond acceptors (Lipinski definition) is 3. The predicted molar refractivity (Wildman–Crippen MR) is 160 cm³/mol. The number of ether oxygens (including phenoxy) is 1. The summed E-state index contributed by atoms with van der Waals surface area (Å²) < 4.78 is 8.38. The van der Waals surface area contributed by atoms with Crippen molar-refractivity contribution in [2.45, 2.75) is 57.6 Å². The Morgan fingerprint density at radius 3 is 2.27 bits per heavy atom. The maximum absolute atomic E-state index is 11.0. The van der Waals surface area contributed by atoms with E-state index in [2.05, 4.69) is 71.4 Å². The summed E-state index contributed by atoms with van der Waals surface area (Å²) in [5.74, 6) is -0.0455. The molecule has 1 aromatic heterocycles. The molecule has 4 aromatic carbocycles. The lowest BCUT2D eigenvalue weighted by atomic mass is 9.98. The first-order valence-electron chi connectivity index (χ1n) is 14.2. The Morgan fingerprint density at radius 2 is 1.57 bits per heavy atom. The first-order chi connectivity index (χ1) is 19.5. The highest BCUT2D eigenvalue weighted by molar-refractivity contribution is 5.94. The van der Waals surface area contributed by atoms with Crippen molar-refractivity contribution in [2.24, 2.45) is 0 Å². The van der Waals surface area contributed by atoms with Crippen molar-refractivity contribution in [2.75, 3.05) is 0 Å². The summed E-state index contributed by atoms with van der Waals surface area (Å²) in [7, 11) is 0. The van der Waals surface area contributed by atoms with E-state index in [1.807, 2.05) is 37.3 Å². The van der Waals surface area contributed by atoms with Crippen LogP contribution in [0.2, 0.25) is 0 Å². The molecule has 6 rings (SSSR count). The maximum Gasteiger partial charge on any atom is 0.303 e. The zero-order chi connectivity index (χ0) is 27.5. The van der Waals surface area contributed by atoms with Gasteiger partial charge in [0.1, 0.15) is 18.1 Å². The molecule has 1 saturated carbocycles. The highest BCUT2D eigenvalue weighted by Crippen LogP contribution is 2.37. The Hall–Kier alpha value is -4.38. The van der Waals surface area contributed by atoms with Gasteiger partial charge in [-0.3, -0.25) is 9.48 Å². The van der Waals surface area contributed by atoms with Gasteiger partial charge in [0.15, 0.2) is 0 Å². The molecule has 5 aromatic rings. The fourth-order valence-corrected chi connectivity index (χ4v) is 5.80. The van der Waals surface area contributed by atoms with E-state index in [0.29, 0.717) is 12.6 Å². The molecule has 1 N–H and O–H groups in total. The van der Waals surface area contributed by atoms with E-state index in [4.69, 9.17) is 14.9 Å². The number of fused-ring (bicyclic) bond motifs is 1.